The van der Waals surface area contributed by atoms with Crippen molar-refractivity contribution >= 4 is 5.97 Å². The molecule has 5 heteroatoms. The highest BCUT2D eigenvalue weighted by molar-refractivity contribution is 5.68. The Kier molecular flexibility index (Phi) is 12.4. The number of carboxylic acids is 1. The zero-order valence-electron chi connectivity index (χ0n) is 19.9. The summed E-state index contributed by atoms with van der Waals surface area (Å²) in [4.78, 5) is 11.7. The number of aliphatic carboxylic acids is 1. The Balaban J connectivity index is 2.44. The number of epoxide rings is 1. The molecule has 0 saturated carbocycles. The molecule has 0 aromatic heterocycles. The molecule has 172 valence electrons. The van der Waals surface area contributed by atoms with E-state index in [9.17, 15) is 9.90 Å². The molecule has 0 aromatic rings. The molecule has 1 aliphatic heterocycles. The molecule has 0 aliphatic carbocycles. The van der Waals surface area contributed by atoms with E-state index in [1.165, 1.54) is 57.8 Å². The van der Waals surface area contributed by atoms with Crippen LogP contribution in [0, 0.1) is 5.92 Å². The lowest BCUT2D eigenvalue weighted by Gasteiger charge is -2.42. The lowest BCUT2D eigenvalue weighted by molar-refractivity contribution is -0.877. The van der Waals surface area contributed by atoms with Crippen molar-refractivity contribution in [2.24, 2.45) is 5.92 Å². The van der Waals surface area contributed by atoms with E-state index in [1.54, 1.807) is 0 Å². The molecule has 0 aromatic carbocycles. The Morgan fingerprint density at radius 3 is 2.03 bits per heavy atom. The Bertz CT molecular complexity index is 445. The highest BCUT2D eigenvalue weighted by Gasteiger charge is 2.45. The van der Waals surface area contributed by atoms with Gasteiger partial charge in [-0.3, -0.25) is 4.79 Å². The molecule has 0 spiro atoms. The third-order valence-electron chi connectivity index (χ3n) is 6.04. The summed E-state index contributed by atoms with van der Waals surface area (Å²) in [5, 5.41) is 9.60. The first-order chi connectivity index (χ1) is 13.7. The molecule has 0 radical (unpaired) electrons. The number of hydrogen-bond donors (Lipinski definition) is 1. The normalized spacial score (nSPS) is 19.7. The fourth-order valence-corrected chi connectivity index (χ4v) is 4.31. The van der Waals surface area contributed by atoms with Crippen molar-refractivity contribution in [3.8, 4) is 0 Å². The van der Waals surface area contributed by atoms with Gasteiger partial charge in [-0.15, -0.1) is 0 Å². The molecule has 3 atom stereocenters. The predicted molar refractivity (Wildman–Crippen MR) is 119 cm³/mol. The van der Waals surface area contributed by atoms with Crippen LogP contribution in [0.5, 0.6) is 0 Å². The van der Waals surface area contributed by atoms with Gasteiger partial charge in [0, 0.05) is 0 Å². The maximum atomic E-state index is 11.7. The molecule has 1 saturated heterocycles. The highest BCUT2D eigenvalue weighted by Crippen LogP contribution is 2.33. The minimum Gasteiger partial charge on any atom is -0.481 e. The van der Waals surface area contributed by atoms with Crippen LogP contribution in [0.25, 0.3) is 0 Å². The summed E-state index contributed by atoms with van der Waals surface area (Å²) in [6, 6.07) is 0. The van der Waals surface area contributed by atoms with Gasteiger partial charge in [-0.05, 0) is 12.3 Å². The van der Waals surface area contributed by atoms with Gasteiger partial charge in [-0.2, -0.15) is 0 Å². The van der Waals surface area contributed by atoms with Gasteiger partial charge >= 0.3 is 5.97 Å². The molecule has 0 bridgehead atoms. The van der Waals surface area contributed by atoms with Crippen molar-refractivity contribution in [2.75, 3.05) is 40.9 Å². The summed E-state index contributed by atoms with van der Waals surface area (Å²) in [6.45, 7) is 6.39. The predicted octanol–water partition coefficient (Wildman–Crippen LogP) is 5.27. The van der Waals surface area contributed by atoms with Crippen LogP contribution in [-0.4, -0.2) is 68.2 Å². The summed E-state index contributed by atoms with van der Waals surface area (Å²) >= 11 is 0. The Morgan fingerprint density at radius 1 is 1.07 bits per heavy atom. The summed E-state index contributed by atoms with van der Waals surface area (Å²) in [5.74, 6) is -0.561. The van der Waals surface area contributed by atoms with E-state index in [0.717, 1.165) is 19.4 Å². The number of likely N-dealkylation sites (N-methyl/N-ethyl adjacent to an activating group) is 1. The maximum Gasteiger partial charge on any atom is 0.306 e. The van der Waals surface area contributed by atoms with E-state index in [4.69, 9.17) is 9.47 Å². The Morgan fingerprint density at radius 2 is 1.59 bits per heavy atom. The molecule has 1 rings (SSSR count). The van der Waals surface area contributed by atoms with Crippen molar-refractivity contribution in [3.63, 3.8) is 0 Å². The van der Waals surface area contributed by atoms with E-state index in [-0.39, 0.29) is 18.4 Å². The Hall–Kier alpha value is -0.650. The number of unbranched alkanes of at least 4 members (excludes halogenated alkanes) is 9. The van der Waals surface area contributed by atoms with Crippen molar-refractivity contribution in [3.05, 3.63) is 0 Å². The monoisotopic (exact) mass is 414 g/mol. The molecule has 0 amide bonds. The van der Waals surface area contributed by atoms with Gasteiger partial charge in [0.25, 0.3) is 0 Å². The van der Waals surface area contributed by atoms with Crippen molar-refractivity contribution in [1.82, 2.24) is 0 Å². The summed E-state index contributed by atoms with van der Waals surface area (Å²) in [6.07, 6.45) is 14.4. The standard InChI is InChI=1S/C24H47NO4/c1-6-7-8-9-10-11-12-13-14-15-16-21(2)24(17-23(26)27,20-25(3,4)5)29-19-22-18-28-22/h21-22H,6-20H2,1-5H3/p+1. The second-order valence-corrected chi connectivity index (χ2v) is 10.2. The SMILES string of the molecule is CCCCCCCCCCCCC(C)C(CC(=O)O)(C[N+](C)(C)C)OCC1CO1. The smallest absolute Gasteiger partial charge is 0.306 e. The first-order valence-corrected chi connectivity index (χ1v) is 12.0. The van der Waals surface area contributed by atoms with Crippen LogP contribution in [0.4, 0.5) is 0 Å². The van der Waals surface area contributed by atoms with Crippen molar-refractivity contribution in [1.29, 1.82) is 0 Å². The fraction of sp³-hybridized carbons (Fsp3) is 0.958. The lowest BCUT2D eigenvalue weighted by Crippen LogP contribution is -2.55. The van der Waals surface area contributed by atoms with Crippen LogP contribution in [-0.2, 0) is 14.3 Å². The zero-order valence-corrected chi connectivity index (χ0v) is 19.9. The molecule has 1 aliphatic rings. The van der Waals surface area contributed by atoms with Gasteiger partial charge in [0.05, 0.1) is 40.8 Å². The van der Waals surface area contributed by atoms with Gasteiger partial charge in [0.1, 0.15) is 18.2 Å². The minimum atomic E-state index is -0.773. The van der Waals surface area contributed by atoms with Crippen LogP contribution in [0.1, 0.15) is 90.9 Å². The van der Waals surface area contributed by atoms with Crippen molar-refractivity contribution in [2.45, 2.75) is 103 Å². The molecule has 3 unspecified atom stereocenters. The van der Waals surface area contributed by atoms with Gasteiger partial charge < -0.3 is 19.1 Å². The molecule has 29 heavy (non-hydrogen) atoms. The van der Waals surface area contributed by atoms with E-state index in [1.807, 2.05) is 0 Å². The van der Waals surface area contributed by atoms with E-state index >= 15 is 0 Å². The third kappa shape index (κ3) is 12.6. The fourth-order valence-electron chi connectivity index (χ4n) is 4.31. The second-order valence-electron chi connectivity index (χ2n) is 10.2. The Labute approximate surface area is 179 Å². The molecular weight excluding hydrogens is 366 g/mol. The lowest BCUT2D eigenvalue weighted by atomic mass is 9.81. The number of carboxylic acid groups (broad SMARTS) is 1. The van der Waals surface area contributed by atoms with Gasteiger partial charge in [0.2, 0.25) is 0 Å². The molecule has 1 N–H and O–H groups in total. The first-order valence-electron chi connectivity index (χ1n) is 12.0. The van der Waals surface area contributed by atoms with E-state index in [2.05, 4.69) is 35.0 Å². The largest absolute Gasteiger partial charge is 0.481 e. The second kappa shape index (κ2) is 13.6. The number of quaternary nitrogens is 1. The number of ether oxygens (including phenoxy) is 2. The molecule has 1 heterocycles. The summed E-state index contributed by atoms with van der Waals surface area (Å²) in [7, 11) is 6.34. The average molecular weight is 415 g/mol. The number of rotatable bonds is 19. The third-order valence-corrected chi connectivity index (χ3v) is 6.04. The number of carbonyl (C=O) groups is 1. The van der Waals surface area contributed by atoms with Crippen LogP contribution < -0.4 is 0 Å². The van der Waals surface area contributed by atoms with Crippen LogP contribution in [0.3, 0.4) is 0 Å². The number of hydrogen-bond acceptors (Lipinski definition) is 3. The van der Waals surface area contributed by atoms with E-state index in [0.29, 0.717) is 17.6 Å². The summed E-state index contributed by atoms with van der Waals surface area (Å²) in [5.41, 5.74) is -0.630. The maximum absolute atomic E-state index is 11.7. The van der Waals surface area contributed by atoms with Gasteiger partial charge in [-0.1, -0.05) is 78.1 Å². The topological polar surface area (TPSA) is 59.1 Å². The zero-order chi connectivity index (χ0) is 21.8. The quantitative estimate of drug-likeness (QED) is 0.178. The van der Waals surface area contributed by atoms with Crippen LogP contribution in [0.2, 0.25) is 0 Å². The molecular formula is C24H48NO4+. The molecule has 1 fully saturated rings. The minimum absolute atomic E-state index is 0.0637. The summed E-state index contributed by atoms with van der Waals surface area (Å²) < 4.78 is 12.3. The van der Waals surface area contributed by atoms with Crippen LogP contribution in [0.15, 0.2) is 0 Å². The van der Waals surface area contributed by atoms with Gasteiger partial charge in [-0.25, -0.2) is 0 Å². The molecule has 5 nitrogen and oxygen atoms in total. The van der Waals surface area contributed by atoms with Crippen molar-refractivity contribution < 1.29 is 23.9 Å². The average Bonchev–Trinajstić information content (AvgIpc) is 3.43. The first kappa shape index (κ1) is 26.4. The highest BCUT2D eigenvalue weighted by atomic mass is 16.6. The number of nitrogens with zero attached hydrogens (tertiary/aromatic N) is 1. The van der Waals surface area contributed by atoms with Gasteiger partial charge in [0.15, 0.2) is 0 Å². The van der Waals surface area contributed by atoms with Crippen LogP contribution >= 0.6 is 0 Å². The van der Waals surface area contributed by atoms with E-state index < -0.39 is 11.6 Å².